The Bertz CT molecular complexity index is 500. The van der Waals surface area contributed by atoms with Gasteiger partial charge in [-0.3, -0.25) is 4.79 Å². The molecule has 1 amide bonds. The number of hydrogen-bond acceptors (Lipinski definition) is 5. The zero-order valence-corrected chi connectivity index (χ0v) is 12.6. The molecular weight excluding hydrogens is 268 g/mol. The first kappa shape index (κ1) is 14.5. The van der Waals surface area contributed by atoms with Gasteiger partial charge in [-0.2, -0.15) is 0 Å². The van der Waals surface area contributed by atoms with E-state index in [1.54, 1.807) is 0 Å². The Balaban J connectivity index is 1.57. The van der Waals surface area contributed by atoms with Crippen molar-refractivity contribution in [3.63, 3.8) is 0 Å². The first-order chi connectivity index (χ1) is 10.2. The predicted molar refractivity (Wildman–Crippen MR) is 78.7 cm³/mol. The Labute approximate surface area is 125 Å². The third-order valence-corrected chi connectivity index (χ3v) is 4.36. The lowest BCUT2D eigenvalue weighted by molar-refractivity contribution is -0.126. The average molecular weight is 292 g/mol. The average Bonchev–Trinajstić information content (AvgIpc) is 2.72. The van der Waals surface area contributed by atoms with Crippen molar-refractivity contribution in [1.82, 2.24) is 30.3 Å². The van der Waals surface area contributed by atoms with Crippen LogP contribution >= 0.6 is 0 Å². The standard InChI is InChI=1S/C14H24N6O/c1-19-7-2-3-11(10-19)14(21)16-9-13-18-17-12-4-5-15-6-8-20(12)13/h11,15H,2-10H2,1H3,(H,16,21)/t11-/m1/s1. The van der Waals surface area contributed by atoms with E-state index in [4.69, 9.17) is 0 Å². The van der Waals surface area contributed by atoms with Crippen molar-refractivity contribution < 1.29 is 4.79 Å². The highest BCUT2D eigenvalue weighted by Gasteiger charge is 2.24. The maximum atomic E-state index is 12.3. The molecule has 2 aliphatic rings. The Morgan fingerprint density at radius 3 is 3.14 bits per heavy atom. The highest BCUT2D eigenvalue weighted by molar-refractivity contribution is 5.78. The van der Waals surface area contributed by atoms with E-state index in [-0.39, 0.29) is 11.8 Å². The second-order valence-electron chi connectivity index (χ2n) is 6.00. The van der Waals surface area contributed by atoms with E-state index < -0.39 is 0 Å². The smallest absolute Gasteiger partial charge is 0.224 e. The molecule has 7 nitrogen and oxygen atoms in total. The number of nitrogens with one attached hydrogen (secondary N) is 2. The van der Waals surface area contributed by atoms with Gasteiger partial charge in [-0.25, -0.2) is 0 Å². The van der Waals surface area contributed by atoms with Gasteiger partial charge in [0.2, 0.25) is 5.91 Å². The van der Waals surface area contributed by atoms with Crippen molar-refractivity contribution in [2.24, 2.45) is 5.92 Å². The van der Waals surface area contributed by atoms with E-state index in [9.17, 15) is 4.79 Å². The van der Waals surface area contributed by atoms with Gasteiger partial charge >= 0.3 is 0 Å². The van der Waals surface area contributed by atoms with Crippen molar-refractivity contribution in [2.75, 3.05) is 33.2 Å². The summed E-state index contributed by atoms with van der Waals surface area (Å²) in [5, 5.41) is 14.8. The number of carbonyl (C=O) groups is 1. The summed E-state index contributed by atoms with van der Waals surface area (Å²) in [6.07, 6.45) is 2.98. The highest BCUT2D eigenvalue weighted by Crippen LogP contribution is 2.15. The molecule has 2 aliphatic heterocycles. The lowest BCUT2D eigenvalue weighted by atomic mass is 9.98. The Hall–Kier alpha value is -1.47. The van der Waals surface area contributed by atoms with Crippen molar-refractivity contribution in [3.05, 3.63) is 11.6 Å². The Morgan fingerprint density at radius 2 is 2.29 bits per heavy atom. The molecule has 3 rings (SSSR count). The van der Waals surface area contributed by atoms with Crippen LogP contribution in [0.1, 0.15) is 24.5 Å². The quantitative estimate of drug-likeness (QED) is 0.777. The third kappa shape index (κ3) is 3.41. The van der Waals surface area contributed by atoms with Crippen LogP contribution in [0.3, 0.4) is 0 Å². The lowest BCUT2D eigenvalue weighted by Gasteiger charge is -2.28. The molecule has 0 saturated carbocycles. The van der Waals surface area contributed by atoms with Gasteiger partial charge in [0.15, 0.2) is 5.82 Å². The van der Waals surface area contributed by atoms with Gasteiger partial charge in [0.1, 0.15) is 5.82 Å². The van der Waals surface area contributed by atoms with Gasteiger partial charge in [-0.1, -0.05) is 0 Å². The van der Waals surface area contributed by atoms with Crippen molar-refractivity contribution in [2.45, 2.75) is 32.4 Å². The predicted octanol–water partition coefficient (Wildman–Crippen LogP) is -0.618. The van der Waals surface area contributed by atoms with E-state index in [2.05, 4.69) is 37.3 Å². The molecule has 2 N–H and O–H groups in total. The SMILES string of the molecule is CN1CCC[C@@H](C(=O)NCc2nnc3n2CCNCC3)C1. The molecular formula is C14H24N6O. The molecule has 1 aromatic heterocycles. The molecule has 1 atom stereocenters. The number of piperidine rings is 1. The fourth-order valence-corrected chi connectivity index (χ4v) is 3.15. The second kappa shape index (κ2) is 6.53. The summed E-state index contributed by atoms with van der Waals surface area (Å²) in [6.45, 7) is 5.17. The molecule has 0 aromatic carbocycles. The summed E-state index contributed by atoms with van der Waals surface area (Å²) in [6, 6.07) is 0. The van der Waals surface area contributed by atoms with Crippen LogP contribution in [0.2, 0.25) is 0 Å². The summed E-state index contributed by atoms with van der Waals surface area (Å²) in [5.74, 6) is 2.13. The summed E-state index contributed by atoms with van der Waals surface area (Å²) >= 11 is 0. The molecule has 116 valence electrons. The molecule has 0 spiro atoms. The summed E-state index contributed by atoms with van der Waals surface area (Å²) in [5.41, 5.74) is 0. The zero-order valence-electron chi connectivity index (χ0n) is 12.6. The molecule has 0 radical (unpaired) electrons. The van der Waals surface area contributed by atoms with Gasteiger partial charge < -0.3 is 20.1 Å². The van der Waals surface area contributed by atoms with Crippen LogP contribution in [0.15, 0.2) is 0 Å². The van der Waals surface area contributed by atoms with E-state index in [1.165, 1.54) is 0 Å². The molecule has 7 heteroatoms. The summed E-state index contributed by atoms with van der Waals surface area (Å²) in [4.78, 5) is 14.5. The second-order valence-corrected chi connectivity index (χ2v) is 6.00. The van der Waals surface area contributed by atoms with Crippen molar-refractivity contribution in [1.29, 1.82) is 0 Å². The Kier molecular flexibility index (Phi) is 4.50. The number of rotatable bonds is 3. The number of amides is 1. The molecule has 0 unspecified atom stereocenters. The highest BCUT2D eigenvalue weighted by atomic mass is 16.1. The summed E-state index contributed by atoms with van der Waals surface area (Å²) < 4.78 is 2.13. The van der Waals surface area contributed by atoms with Crippen LogP contribution in [0.4, 0.5) is 0 Å². The Morgan fingerprint density at radius 1 is 1.38 bits per heavy atom. The number of nitrogens with zero attached hydrogens (tertiary/aromatic N) is 4. The number of hydrogen-bond donors (Lipinski definition) is 2. The van der Waals surface area contributed by atoms with Gasteiger partial charge in [-0.05, 0) is 26.4 Å². The van der Waals surface area contributed by atoms with Crippen LogP contribution in [-0.2, 0) is 24.3 Å². The fraction of sp³-hybridized carbons (Fsp3) is 0.786. The van der Waals surface area contributed by atoms with Crippen LogP contribution in [0.25, 0.3) is 0 Å². The molecule has 21 heavy (non-hydrogen) atoms. The molecule has 0 aliphatic carbocycles. The van der Waals surface area contributed by atoms with Crippen LogP contribution in [-0.4, -0.2) is 58.8 Å². The van der Waals surface area contributed by atoms with E-state index in [1.807, 2.05) is 0 Å². The number of fused-ring (bicyclic) bond motifs is 1. The number of aromatic nitrogens is 3. The van der Waals surface area contributed by atoms with E-state index in [0.29, 0.717) is 6.54 Å². The first-order valence-corrected chi connectivity index (χ1v) is 7.82. The van der Waals surface area contributed by atoms with Crippen molar-refractivity contribution in [3.8, 4) is 0 Å². The van der Waals surface area contributed by atoms with Crippen LogP contribution in [0.5, 0.6) is 0 Å². The molecule has 0 bridgehead atoms. The van der Waals surface area contributed by atoms with E-state index in [0.717, 1.165) is 63.6 Å². The van der Waals surface area contributed by atoms with E-state index >= 15 is 0 Å². The molecule has 1 aromatic rings. The maximum Gasteiger partial charge on any atom is 0.224 e. The maximum absolute atomic E-state index is 12.3. The molecule has 1 saturated heterocycles. The third-order valence-electron chi connectivity index (χ3n) is 4.36. The monoisotopic (exact) mass is 292 g/mol. The van der Waals surface area contributed by atoms with Gasteiger partial charge in [0, 0.05) is 32.6 Å². The number of likely N-dealkylation sites (tertiary alicyclic amines) is 1. The van der Waals surface area contributed by atoms with Crippen LogP contribution < -0.4 is 10.6 Å². The normalized spacial score (nSPS) is 23.4. The lowest BCUT2D eigenvalue weighted by Crippen LogP contribution is -2.41. The topological polar surface area (TPSA) is 75.1 Å². The van der Waals surface area contributed by atoms with Crippen LogP contribution in [0, 0.1) is 5.92 Å². The van der Waals surface area contributed by atoms with Crippen molar-refractivity contribution >= 4 is 5.91 Å². The fourth-order valence-electron chi connectivity index (χ4n) is 3.15. The minimum atomic E-state index is 0.108. The largest absolute Gasteiger partial charge is 0.349 e. The number of carbonyl (C=O) groups excluding carboxylic acids is 1. The molecule has 3 heterocycles. The minimum absolute atomic E-state index is 0.108. The van der Waals surface area contributed by atoms with Gasteiger partial charge in [-0.15, -0.1) is 10.2 Å². The zero-order chi connectivity index (χ0) is 14.7. The van der Waals surface area contributed by atoms with Gasteiger partial charge in [0.05, 0.1) is 12.5 Å². The first-order valence-electron chi connectivity index (χ1n) is 7.82. The van der Waals surface area contributed by atoms with Gasteiger partial charge in [0.25, 0.3) is 0 Å². The molecule has 1 fully saturated rings. The summed E-state index contributed by atoms with van der Waals surface area (Å²) in [7, 11) is 2.07. The minimum Gasteiger partial charge on any atom is -0.349 e.